The van der Waals surface area contributed by atoms with Crippen LogP contribution in [0.2, 0.25) is 0 Å². The number of rotatable bonds is 6. The van der Waals surface area contributed by atoms with E-state index in [0.29, 0.717) is 0 Å². The summed E-state index contributed by atoms with van der Waals surface area (Å²) in [4.78, 5) is 10.6. The highest BCUT2D eigenvalue weighted by atomic mass is 15.2. The molecule has 60 heavy (non-hydrogen) atoms. The fourth-order valence-corrected chi connectivity index (χ4v) is 9.91. The molecule has 0 saturated heterocycles. The Morgan fingerprint density at radius 1 is 0.433 bits per heavy atom. The first kappa shape index (κ1) is 34.2. The predicted octanol–water partition coefficient (Wildman–Crippen LogP) is 12.8. The lowest BCUT2D eigenvalue weighted by Crippen LogP contribution is -2.36. The van der Waals surface area contributed by atoms with Gasteiger partial charge in [-0.3, -0.25) is 0 Å². The van der Waals surface area contributed by atoms with Gasteiger partial charge in [0.25, 0.3) is 0 Å². The Bertz CT molecular complexity index is 3300. The van der Waals surface area contributed by atoms with Crippen molar-refractivity contribution >= 4 is 44.2 Å². The van der Waals surface area contributed by atoms with Gasteiger partial charge in [0.15, 0.2) is 6.17 Å². The average molecular weight is 767 g/mol. The Kier molecular flexibility index (Phi) is 7.79. The minimum absolute atomic E-state index is 0.412. The van der Waals surface area contributed by atoms with Gasteiger partial charge < -0.3 is 9.88 Å². The van der Waals surface area contributed by atoms with Crippen molar-refractivity contribution in [2.24, 2.45) is 9.98 Å². The van der Waals surface area contributed by atoms with Crippen LogP contribution in [0.3, 0.4) is 0 Å². The fraction of sp³-hybridized carbons (Fsp3) is 0.0357. The zero-order chi connectivity index (χ0) is 39.6. The first-order valence-electron chi connectivity index (χ1n) is 20.6. The molecule has 0 spiro atoms. The van der Waals surface area contributed by atoms with Gasteiger partial charge >= 0.3 is 0 Å². The van der Waals surface area contributed by atoms with Crippen molar-refractivity contribution in [3.8, 4) is 16.8 Å². The molecule has 1 aliphatic carbocycles. The minimum Gasteiger partial charge on any atom is -0.324 e. The summed E-state index contributed by atoms with van der Waals surface area (Å²) >= 11 is 0. The van der Waals surface area contributed by atoms with Crippen LogP contribution in [-0.4, -0.2) is 16.2 Å². The number of aromatic nitrogens is 1. The zero-order valence-corrected chi connectivity index (χ0v) is 32.7. The summed E-state index contributed by atoms with van der Waals surface area (Å²) < 4.78 is 2.43. The van der Waals surface area contributed by atoms with Gasteiger partial charge in [-0.05, 0) is 80.0 Å². The summed E-state index contributed by atoms with van der Waals surface area (Å²) in [6.45, 7) is 0. The molecule has 12 rings (SSSR count). The van der Waals surface area contributed by atoms with Crippen LogP contribution in [-0.2, 0) is 5.41 Å². The largest absolute Gasteiger partial charge is 0.324 e. The van der Waals surface area contributed by atoms with Crippen molar-refractivity contribution < 1.29 is 0 Å². The molecule has 4 nitrogen and oxygen atoms in total. The fourth-order valence-electron chi connectivity index (χ4n) is 9.91. The number of amidine groups is 2. The SMILES string of the molecule is c1ccc(C2=NC(c3ccccc3)N=C(c3cccc4c3c3cc(C5(c6ccccc6)c6ccccc6-c6ccccc65)ccc3n4-c3ccc4ccccc4c3)N2)cc1. The van der Waals surface area contributed by atoms with Gasteiger partial charge in [-0.1, -0.05) is 188 Å². The van der Waals surface area contributed by atoms with Crippen molar-refractivity contribution in [3.05, 3.63) is 257 Å². The Hall–Kier alpha value is -7.82. The second kappa shape index (κ2) is 13.6. The van der Waals surface area contributed by atoms with E-state index in [-0.39, 0.29) is 0 Å². The standard InChI is InChI=1S/C56H38N4/c1-4-18-38(19-5-1)53-57-54(39-20-6-2-7-21-39)59-55(58-53)46-27-16-30-51-52(46)47-36-42(32-34-50(47)60(51)43-33-31-37-17-10-11-22-40(37)35-43)56(41-23-8-3-9-24-41)48-28-14-12-25-44(48)45-26-13-15-29-49(45)56/h1-36,53H,(H,57,58,59). The van der Waals surface area contributed by atoms with Gasteiger partial charge in [-0.15, -0.1) is 0 Å². The van der Waals surface area contributed by atoms with Gasteiger partial charge in [0, 0.05) is 27.6 Å². The summed E-state index contributed by atoms with van der Waals surface area (Å²) in [6.07, 6.45) is -0.412. The van der Waals surface area contributed by atoms with Gasteiger partial charge in [0.05, 0.1) is 16.4 Å². The van der Waals surface area contributed by atoms with E-state index in [0.717, 1.165) is 55.9 Å². The zero-order valence-electron chi connectivity index (χ0n) is 32.7. The summed E-state index contributed by atoms with van der Waals surface area (Å²) in [5, 5.41) is 8.45. The van der Waals surface area contributed by atoms with Crippen LogP contribution in [0.4, 0.5) is 0 Å². The maximum absolute atomic E-state index is 5.41. The second-order valence-corrected chi connectivity index (χ2v) is 15.7. The van der Waals surface area contributed by atoms with Crippen LogP contribution in [0.5, 0.6) is 0 Å². The van der Waals surface area contributed by atoms with E-state index in [4.69, 9.17) is 9.98 Å². The highest BCUT2D eigenvalue weighted by molar-refractivity contribution is 6.24. The Morgan fingerprint density at radius 3 is 1.80 bits per heavy atom. The number of fused-ring (bicyclic) bond motifs is 7. The van der Waals surface area contributed by atoms with Gasteiger partial charge in [0.2, 0.25) is 0 Å². The van der Waals surface area contributed by atoms with Crippen molar-refractivity contribution in [2.45, 2.75) is 11.6 Å². The molecule has 2 heterocycles. The third-order valence-electron chi connectivity index (χ3n) is 12.5. The highest BCUT2D eigenvalue weighted by Gasteiger charge is 2.46. The summed E-state index contributed by atoms with van der Waals surface area (Å²) in [5.74, 6) is 1.59. The molecule has 2 aliphatic rings. The summed E-state index contributed by atoms with van der Waals surface area (Å²) in [5.41, 5.74) is 13.5. The number of nitrogens with zero attached hydrogens (tertiary/aromatic N) is 3. The van der Waals surface area contributed by atoms with Crippen LogP contribution >= 0.6 is 0 Å². The predicted molar refractivity (Wildman–Crippen MR) is 247 cm³/mol. The summed E-state index contributed by atoms with van der Waals surface area (Å²) in [7, 11) is 0. The molecule has 9 aromatic carbocycles. The van der Waals surface area contributed by atoms with Crippen LogP contribution in [0.25, 0.3) is 49.4 Å². The highest BCUT2D eigenvalue weighted by Crippen LogP contribution is 2.56. The van der Waals surface area contributed by atoms with Crippen LogP contribution in [0.1, 0.15) is 45.1 Å². The molecule has 1 aromatic heterocycles. The second-order valence-electron chi connectivity index (χ2n) is 15.7. The van der Waals surface area contributed by atoms with E-state index >= 15 is 0 Å². The molecule has 1 atom stereocenters. The maximum Gasteiger partial charge on any atom is 0.169 e. The Labute approximate surface area is 348 Å². The molecule has 4 heteroatoms. The molecule has 0 bridgehead atoms. The van der Waals surface area contributed by atoms with E-state index in [1.54, 1.807) is 0 Å². The van der Waals surface area contributed by atoms with E-state index in [1.165, 1.54) is 44.2 Å². The van der Waals surface area contributed by atoms with Crippen molar-refractivity contribution in [2.75, 3.05) is 0 Å². The lowest BCUT2D eigenvalue weighted by Gasteiger charge is -2.34. The van der Waals surface area contributed by atoms with Crippen LogP contribution < -0.4 is 5.32 Å². The summed E-state index contributed by atoms with van der Waals surface area (Å²) in [6, 6.07) is 78.9. The number of hydrogen-bond donors (Lipinski definition) is 1. The molecule has 1 aliphatic heterocycles. The molecule has 0 radical (unpaired) electrons. The van der Waals surface area contributed by atoms with Gasteiger partial charge in [-0.2, -0.15) is 0 Å². The normalized spacial score (nSPS) is 15.3. The maximum atomic E-state index is 5.41. The molecule has 0 saturated carbocycles. The third kappa shape index (κ3) is 5.17. The quantitative estimate of drug-likeness (QED) is 0.180. The lowest BCUT2D eigenvalue weighted by atomic mass is 9.67. The molecule has 1 N–H and O–H groups in total. The van der Waals surface area contributed by atoms with Crippen LogP contribution in [0, 0.1) is 0 Å². The molecule has 0 fully saturated rings. The minimum atomic E-state index is -0.541. The number of hydrogen-bond acceptors (Lipinski definition) is 3. The molecule has 282 valence electrons. The average Bonchev–Trinajstić information content (AvgIpc) is 3.83. The van der Waals surface area contributed by atoms with Crippen LogP contribution in [0.15, 0.2) is 228 Å². The van der Waals surface area contributed by atoms with Crippen molar-refractivity contribution in [1.29, 1.82) is 0 Å². The smallest absolute Gasteiger partial charge is 0.169 e. The number of aliphatic imine (C=N–C) groups is 2. The first-order valence-corrected chi connectivity index (χ1v) is 20.6. The molecular formula is C56H38N4. The topological polar surface area (TPSA) is 41.7 Å². The number of benzene rings is 9. The molecular weight excluding hydrogens is 729 g/mol. The van der Waals surface area contributed by atoms with E-state index in [2.05, 4.69) is 216 Å². The first-order chi connectivity index (χ1) is 29.8. The molecule has 1 unspecified atom stereocenters. The van der Waals surface area contributed by atoms with E-state index in [9.17, 15) is 0 Å². The number of nitrogens with one attached hydrogen (secondary N) is 1. The molecule has 10 aromatic rings. The monoisotopic (exact) mass is 766 g/mol. The van der Waals surface area contributed by atoms with E-state index in [1.807, 2.05) is 12.1 Å². The lowest BCUT2D eigenvalue weighted by molar-refractivity contribution is 0.756. The van der Waals surface area contributed by atoms with Crippen molar-refractivity contribution in [3.63, 3.8) is 0 Å². The Morgan fingerprint density at radius 2 is 1.05 bits per heavy atom. The van der Waals surface area contributed by atoms with Crippen molar-refractivity contribution in [1.82, 2.24) is 9.88 Å². The van der Waals surface area contributed by atoms with Gasteiger partial charge in [0.1, 0.15) is 11.7 Å². The van der Waals surface area contributed by atoms with Gasteiger partial charge in [-0.25, -0.2) is 9.98 Å². The Balaban J connectivity index is 1.17. The molecule has 0 amide bonds. The van der Waals surface area contributed by atoms with E-state index < -0.39 is 11.6 Å². The third-order valence-corrected chi connectivity index (χ3v) is 12.5.